The van der Waals surface area contributed by atoms with Crippen LogP contribution < -0.4 is 5.32 Å². The molecule has 2 fully saturated rings. The average Bonchev–Trinajstić information content (AvgIpc) is 3.56. The van der Waals surface area contributed by atoms with E-state index in [-0.39, 0.29) is 44.7 Å². The predicted molar refractivity (Wildman–Crippen MR) is 157 cm³/mol. The summed E-state index contributed by atoms with van der Waals surface area (Å²) >= 11 is 3.56. The summed E-state index contributed by atoms with van der Waals surface area (Å²) in [5, 5.41) is 12.9. The fraction of sp³-hybridized carbons (Fsp3) is 0.548. The van der Waals surface area contributed by atoms with E-state index < -0.39 is 53.4 Å². The highest BCUT2D eigenvalue weighted by atomic mass is 79.9. The number of hydrogen-bond donors (Lipinski definition) is 2. The van der Waals surface area contributed by atoms with Crippen molar-refractivity contribution in [3.05, 3.63) is 58.6 Å². The Morgan fingerprint density at radius 1 is 1.14 bits per heavy atom. The first-order chi connectivity index (χ1) is 20.2. The third-order valence-electron chi connectivity index (χ3n) is 8.74. The number of rotatable bonds is 6. The summed E-state index contributed by atoms with van der Waals surface area (Å²) in [6.45, 7) is 3.82. The van der Waals surface area contributed by atoms with Crippen LogP contribution >= 0.6 is 15.9 Å². The first-order valence-corrected chi connectivity index (χ1v) is 15.5. The van der Waals surface area contributed by atoms with Gasteiger partial charge in [-0.3, -0.25) is 19.2 Å². The normalized spacial score (nSPS) is 33.2. The molecule has 5 rings (SSSR count). The maximum absolute atomic E-state index is 14.5. The number of ether oxygens (including phenoxy) is 2. The number of likely N-dealkylation sites (tertiary alicyclic amines) is 1. The average molecular weight is 645 g/mol. The van der Waals surface area contributed by atoms with Crippen molar-refractivity contribution in [3.63, 3.8) is 0 Å². The summed E-state index contributed by atoms with van der Waals surface area (Å²) in [4.78, 5) is 58.3. The highest BCUT2D eigenvalue weighted by molar-refractivity contribution is 9.11. The van der Waals surface area contributed by atoms with Crippen LogP contribution in [0.15, 0.2) is 53.0 Å². The second-order valence-corrected chi connectivity index (χ2v) is 12.3. The molecule has 1 spiro atoms. The molecule has 2 saturated heterocycles. The van der Waals surface area contributed by atoms with Crippen LogP contribution in [0.5, 0.6) is 0 Å². The van der Waals surface area contributed by atoms with E-state index >= 15 is 0 Å². The Hall–Kier alpha value is -3.02. The molecule has 1 aromatic carbocycles. The van der Waals surface area contributed by atoms with E-state index in [1.807, 2.05) is 56.3 Å². The summed E-state index contributed by atoms with van der Waals surface area (Å²) in [7, 11) is 0. The van der Waals surface area contributed by atoms with Crippen molar-refractivity contribution >= 4 is 39.6 Å². The third kappa shape index (κ3) is 5.42. The van der Waals surface area contributed by atoms with Crippen LogP contribution in [0, 0.1) is 11.8 Å². The molecule has 1 aromatic rings. The maximum Gasteiger partial charge on any atom is 0.306 e. The Kier molecular flexibility index (Phi) is 9.20. The van der Waals surface area contributed by atoms with Gasteiger partial charge in [-0.1, -0.05) is 71.8 Å². The van der Waals surface area contributed by atoms with Crippen LogP contribution in [0.25, 0.3) is 0 Å². The number of cyclic esters (lactones) is 1. The van der Waals surface area contributed by atoms with Crippen molar-refractivity contribution < 1.29 is 33.8 Å². The zero-order valence-electron chi connectivity index (χ0n) is 23.9. The highest BCUT2D eigenvalue weighted by Crippen LogP contribution is 2.58. The summed E-state index contributed by atoms with van der Waals surface area (Å²) in [5.74, 6) is -3.42. The molecule has 0 aromatic heterocycles. The maximum atomic E-state index is 14.5. The summed E-state index contributed by atoms with van der Waals surface area (Å²) in [6.07, 6.45) is 6.91. The van der Waals surface area contributed by atoms with Crippen molar-refractivity contribution in [2.45, 2.75) is 69.4 Å². The second-order valence-electron chi connectivity index (χ2n) is 11.4. The highest BCUT2D eigenvalue weighted by Gasteiger charge is 2.74. The van der Waals surface area contributed by atoms with Crippen LogP contribution in [0.4, 0.5) is 0 Å². The molecule has 11 heteroatoms. The molecule has 0 saturated carbocycles. The number of carbonyl (C=O) groups excluding carboxylic acids is 4. The quantitative estimate of drug-likeness (QED) is 0.361. The lowest BCUT2D eigenvalue weighted by molar-refractivity contribution is -0.149. The van der Waals surface area contributed by atoms with Crippen molar-refractivity contribution in [2.75, 3.05) is 26.3 Å². The summed E-state index contributed by atoms with van der Waals surface area (Å²) in [6, 6.07) is 7.35. The molecule has 3 amide bonds. The van der Waals surface area contributed by atoms with E-state index in [1.54, 1.807) is 11.0 Å². The van der Waals surface area contributed by atoms with Crippen LogP contribution in [-0.2, 0) is 28.7 Å². The standard InChI is InChI=1S/C31H38BrN3O7/c1-3-10-19(2)34-14-9-5-8-13-23(37)41-18-22(20-11-6-4-7-12-20)33-28(38)24-25-29(39)35(15-16-36)27(30(34)40)31(25)17-21(32)26(24)42-31/h4-7,9,11-12,17,19,22,24-27,36H,3,8,10,13-16,18H2,1-2H3,(H,33,38)/b9-5-/t19?,22-,24-,25+,26-,27-,31+/m0/s1. The summed E-state index contributed by atoms with van der Waals surface area (Å²) < 4.78 is 12.7. The minimum absolute atomic E-state index is 0.0598. The Bertz CT molecular complexity index is 1270. The number of halogens is 1. The van der Waals surface area contributed by atoms with Crippen LogP contribution in [0.3, 0.4) is 0 Å². The second kappa shape index (κ2) is 12.7. The minimum atomic E-state index is -1.37. The van der Waals surface area contributed by atoms with Gasteiger partial charge in [0.15, 0.2) is 0 Å². The van der Waals surface area contributed by atoms with E-state index in [2.05, 4.69) is 21.2 Å². The molecular weight excluding hydrogens is 606 g/mol. The van der Waals surface area contributed by atoms with Crippen LogP contribution in [-0.4, -0.2) is 88.7 Å². The molecule has 5 bridgehead atoms. The lowest BCUT2D eigenvalue weighted by Crippen LogP contribution is -2.57. The Labute approximate surface area is 254 Å². The van der Waals surface area contributed by atoms with Gasteiger partial charge < -0.3 is 29.7 Å². The molecule has 4 aliphatic heterocycles. The van der Waals surface area contributed by atoms with Crippen molar-refractivity contribution in [1.29, 1.82) is 0 Å². The molecule has 42 heavy (non-hydrogen) atoms. The Morgan fingerprint density at radius 3 is 2.62 bits per heavy atom. The van der Waals surface area contributed by atoms with E-state index in [0.717, 1.165) is 18.4 Å². The zero-order valence-corrected chi connectivity index (χ0v) is 25.5. The molecule has 1 unspecified atom stereocenters. The van der Waals surface area contributed by atoms with Gasteiger partial charge in [-0.25, -0.2) is 0 Å². The molecule has 0 radical (unpaired) electrons. The molecule has 4 heterocycles. The summed E-state index contributed by atoms with van der Waals surface area (Å²) in [5.41, 5.74) is -0.621. The first-order valence-electron chi connectivity index (χ1n) is 14.7. The number of nitrogens with one attached hydrogen (secondary N) is 1. The number of fused-ring (bicyclic) bond motifs is 2. The zero-order chi connectivity index (χ0) is 30.0. The van der Waals surface area contributed by atoms with Gasteiger partial charge in [-0.2, -0.15) is 0 Å². The fourth-order valence-corrected chi connectivity index (χ4v) is 7.53. The molecular formula is C31H38BrN3O7. The van der Waals surface area contributed by atoms with Gasteiger partial charge in [-0.15, -0.1) is 0 Å². The predicted octanol–water partition coefficient (Wildman–Crippen LogP) is 2.62. The first kappa shape index (κ1) is 30.4. The molecule has 0 aliphatic carbocycles. The number of hydrogen-bond acceptors (Lipinski definition) is 7. The minimum Gasteiger partial charge on any atom is -0.463 e. The third-order valence-corrected chi connectivity index (χ3v) is 9.42. The largest absolute Gasteiger partial charge is 0.463 e. The Morgan fingerprint density at radius 2 is 1.90 bits per heavy atom. The monoisotopic (exact) mass is 643 g/mol. The fourth-order valence-electron chi connectivity index (χ4n) is 6.79. The van der Waals surface area contributed by atoms with E-state index in [9.17, 15) is 24.3 Å². The number of amides is 3. The van der Waals surface area contributed by atoms with Crippen LogP contribution in [0.2, 0.25) is 0 Å². The van der Waals surface area contributed by atoms with Gasteiger partial charge in [0.05, 0.1) is 24.5 Å². The van der Waals surface area contributed by atoms with Crippen LogP contribution in [0.1, 0.15) is 51.1 Å². The number of carbonyl (C=O) groups is 4. The molecule has 226 valence electrons. The Balaban J connectivity index is 1.58. The van der Waals surface area contributed by atoms with Crippen molar-refractivity contribution in [2.24, 2.45) is 11.8 Å². The number of aliphatic hydroxyl groups excluding tert-OH is 1. The van der Waals surface area contributed by atoms with Gasteiger partial charge in [0.25, 0.3) is 0 Å². The van der Waals surface area contributed by atoms with Gasteiger partial charge in [0, 0.05) is 30.0 Å². The molecule has 2 N–H and O–H groups in total. The van der Waals surface area contributed by atoms with E-state index in [1.165, 1.54) is 4.90 Å². The van der Waals surface area contributed by atoms with E-state index in [4.69, 9.17) is 9.47 Å². The smallest absolute Gasteiger partial charge is 0.306 e. The lowest BCUT2D eigenvalue weighted by atomic mass is 9.74. The van der Waals surface area contributed by atoms with Gasteiger partial charge in [-0.05, 0) is 31.4 Å². The molecule has 7 atom stereocenters. The number of nitrogens with zero attached hydrogens (tertiary/aromatic N) is 2. The number of β-amino-alcohol motifs (C(OH)–C–C–N with tert-alkyl or cyclic N) is 1. The lowest BCUT2D eigenvalue weighted by Gasteiger charge is -2.38. The van der Waals surface area contributed by atoms with Gasteiger partial charge in [0.1, 0.15) is 24.4 Å². The van der Waals surface area contributed by atoms with Crippen molar-refractivity contribution in [1.82, 2.24) is 15.1 Å². The molecule has 4 aliphatic rings. The number of esters is 1. The SMILES string of the molecule is CCCC(C)N1C/C=C\CCC(=O)OC[C@@H](c2ccccc2)NC(=O)[C@@H]2[C@H]3O[C@@]4(C=C3Br)[C@H](C1=O)N(CCO)C(=O)[C@@H]24. The van der Waals surface area contributed by atoms with Crippen molar-refractivity contribution in [3.8, 4) is 0 Å². The van der Waals surface area contributed by atoms with Gasteiger partial charge in [0.2, 0.25) is 17.7 Å². The number of aliphatic hydroxyl groups is 1. The van der Waals surface area contributed by atoms with E-state index in [0.29, 0.717) is 10.9 Å². The van der Waals surface area contributed by atoms with Gasteiger partial charge >= 0.3 is 5.97 Å². The molecule has 10 nitrogen and oxygen atoms in total. The number of allylic oxidation sites excluding steroid dienone is 1. The topological polar surface area (TPSA) is 125 Å². The number of benzene rings is 1.